The molecule has 0 fully saturated rings. The molecule has 0 saturated heterocycles. The minimum absolute atomic E-state index is 0.200. The molecule has 0 heterocycles. The van der Waals surface area contributed by atoms with E-state index in [1.54, 1.807) is 13.0 Å². The van der Waals surface area contributed by atoms with E-state index in [2.05, 4.69) is 31.9 Å². The summed E-state index contributed by atoms with van der Waals surface area (Å²) in [6.45, 7) is 1.73. The quantitative estimate of drug-likeness (QED) is 0.630. The fourth-order valence-electron chi connectivity index (χ4n) is 0.628. The molecule has 0 N–H and O–H groups in total. The molecule has 0 aliphatic rings. The number of benzene rings is 1. The van der Waals surface area contributed by atoms with E-state index in [0.717, 1.165) is 4.47 Å². The summed E-state index contributed by atoms with van der Waals surface area (Å²) in [5.74, 6) is -0.200. The molecule has 0 spiro atoms. The third kappa shape index (κ3) is 1.40. The van der Waals surface area contributed by atoms with Crippen molar-refractivity contribution in [1.82, 2.24) is 0 Å². The SMILES string of the molecule is Cc1c(Br)ccc(Br)c1F. The maximum absolute atomic E-state index is 12.9. The van der Waals surface area contributed by atoms with Crippen LogP contribution >= 0.6 is 31.9 Å². The van der Waals surface area contributed by atoms with Gasteiger partial charge in [0.05, 0.1) is 4.47 Å². The van der Waals surface area contributed by atoms with Gasteiger partial charge in [-0.3, -0.25) is 0 Å². The second-order valence-electron chi connectivity index (χ2n) is 1.97. The van der Waals surface area contributed by atoms with Crippen molar-refractivity contribution >= 4 is 31.9 Å². The minimum Gasteiger partial charge on any atom is -0.205 e. The van der Waals surface area contributed by atoms with E-state index in [4.69, 9.17) is 0 Å². The predicted molar refractivity (Wildman–Crippen MR) is 46.5 cm³/mol. The monoisotopic (exact) mass is 266 g/mol. The molecule has 0 nitrogen and oxygen atoms in total. The Hall–Kier alpha value is 0.110. The van der Waals surface area contributed by atoms with Crippen molar-refractivity contribution in [3.63, 3.8) is 0 Å². The molecular formula is C7H5Br2F. The molecule has 54 valence electrons. The van der Waals surface area contributed by atoms with Crippen LogP contribution in [0.1, 0.15) is 5.56 Å². The smallest absolute Gasteiger partial charge is 0.141 e. The first-order chi connectivity index (χ1) is 4.63. The Balaban J connectivity index is 3.34. The van der Waals surface area contributed by atoms with Gasteiger partial charge in [-0.25, -0.2) is 4.39 Å². The third-order valence-corrected chi connectivity index (χ3v) is 2.74. The van der Waals surface area contributed by atoms with Crippen molar-refractivity contribution in [2.75, 3.05) is 0 Å². The topological polar surface area (TPSA) is 0 Å². The summed E-state index contributed by atoms with van der Waals surface area (Å²) in [6.07, 6.45) is 0. The summed E-state index contributed by atoms with van der Waals surface area (Å²) in [6, 6.07) is 3.48. The zero-order valence-corrected chi connectivity index (χ0v) is 8.46. The third-order valence-electron chi connectivity index (χ3n) is 1.27. The van der Waals surface area contributed by atoms with Crippen LogP contribution in [0, 0.1) is 12.7 Å². The summed E-state index contributed by atoms with van der Waals surface area (Å²) < 4.78 is 14.2. The van der Waals surface area contributed by atoms with Crippen molar-refractivity contribution in [2.24, 2.45) is 0 Å². The maximum Gasteiger partial charge on any atom is 0.141 e. The van der Waals surface area contributed by atoms with Gasteiger partial charge in [0.1, 0.15) is 5.82 Å². The highest BCUT2D eigenvalue weighted by atomic mass is 79.9. The molecule has 3 heteroatoms. The summed E-state index contributed by atoms with van der Waals surface area (Å²) in [7, 11) is 0. The zero-order chi connectivity index (χ0) is 7.72. The summed E-state index contributed by atoms with van der Waals surface area (Å²) in [5.41, 5.74) is 0.634. The number of hydrogen-bond acceptors (Lipinski definition) is 0. The molecule has 0 aliphatic carbocycles. The standard InChI is InChI=1S/C7H5Br2F/c1-4-5(8)2-3-6(9)7(4)10/h2-3H,1H3. The van der Waals surface area contributed by atoms with E-state index in [-0.39, 0.29) is 5.82 Å². The Morgan fingerprint density at radius 2 is 1.70 bits per heavy atom. The number of hydrogen-bond donors (Lipinski definition) is 0. The largest absolute Gasteiger partial charge is 0.205 e. The Bertz CT molecular complexity index is 231. The van der Waals surface area contributed by atoms with Crippen LogP contribution in [0.3, 0.4) is 0 Å². The first-order valence-electron chi connectivity index (χ1n) is 2.73. The van der Waals surface area contributed by atoms with Crippen LogP contribution in [0.2, 0.25) is 0 Å². The van der Waals surface area contributed by atoms with Crippen LogP contribution < -0.4 is 0 Å². The van der Waals surface area contributed by atoms with Gasteiger partial charge in [-0.15, -0.1) is 0 Å². The van der Waals surface area contributed by atoms with Gasteiger partial charge in [-0.05, 0) is 35.0 Å². The van der Waals surface area contributed by atoms with Crippen molar-refractivity contribution < 1.29 is 4.39 Å². The molecule has 1 rings (SSSR count). The Labute approximate surface area is 75.7 Å². The van der Waals surface area contributed by atoms with Crippen LogP contribution in [-0.2, 0) is 0 Å². The van der Waals surface area contributed by atoms with E-state index >= 15 is 0 Å². The van der Waals surface area contributed by atoms with Gasteiger partial charge < -0.3 is 0 Å². The van der Waals surface area contributed by atoms with E-state index in [9.17, 15) is 4.39 Å². The van der Waals surface area contributed by atoms with Gasteiger partial charge in [0, 0.05) is 10.0 Å². The fourth-order valence-corrected chi connectivity index (χ4v) is 1.36. The second kappa shape index (κ2) is 3.01. The van der Waals surface area contributed by atoms with E-state index < -0.39 is 0 Å². The molecule has 0 amide bonds. The summed E-state index contributed by atoms with van der Waals surface area (Å²) in [5, 5.41) is 0. The summed E-state index contributed by atoms with van der Waals surface area (Å²) >= 11 is 6.30. The Kier molecular flexibility index (Phi) is 2.47. The van der Waals surface area contributed by atoms with E-state index in [1.807, 2.05) is 6.07 Å². The van der Waals surface area contributed by atoms with Gasteiger partial charge in [0.2, 0.25) is 0 Å². The van der Waals surface area contributed by atoms with Gasteiger partial charge in [0.15, 0.2) is 0 Å². The molecule has 1 aromatic rings. The molecule has 10 heavy (non-hydrogen) atoms. The van der Waals surface area contributed by atoms with Crippen molar-refractivity contribution in [1.29, 1.82) is 0 Å². The molecule has 0 aliphatic heterocycles. The first-order valence-corrected chi connectivity index (χ1v) is 4.31. The molecule has 0 unspecified atom stereocenters. The average molecular weight is 268 g/mol. The van der Waals surface area contributed by atoms with Crippen molar-refractivity contribution in [2.45, 2.75) is 6.92 Å². The lowest BCUT2D eigenvalue weighted by atomic mass is 10.2. The highest BCUT2D eigenvalue weighted by Gasteiger charge is 2.04. The van der Waals surface area contributed by atoms with Crippen molar-refractivity contribution in [3.8, 4) is 0 Å². The molecule has 0 atom stereocenters. The molecule has 1 aromatic carbocycles. The van der Waals surface area contributed by atoms with Crippen LogP contribution in [0.25, 0.3) is 0 Å². The molecule has 0 saturated carbocycles. The molecule has 0 bridgehead atoms. The summed E-state index contributed by atoms with van der Waals surface area (Å²) in [4.78, 5) is 0. The minimum atomic E-state index is -0.200. The van der Waals surface area contributed by atoms with Gasteiger partial charge in [0.25, 0.3) is 0 Å². The highest BCUT2D eigenvalue weighted by molar-refractivity contribution is 9.11. The number of halogens is 3. The van der Waals surface area contributed by atoms with Crippen LogP contribution in [-0.4, -0.2) is 0 Å². The van der Waals surface area contributed by atoms with E-state index in [1.165, 1.54) is 0 Å². The van der Waals surface area contributed by atoms with Gasteiger partial charge in [-0.1, -0.05) is 15.9 Å². The lowest BCUT2D eigenvalue weighted by Crippen LogP contribution is -1.84. The zero-order valence-electron chi connectivity index (χ0n) is 5.29. The second-order valence-corrected chi connectivity index (χ2v) is 3.68. The van der Waals surface area contributed by atoms with Crippen molar-refractivity contribution in [3.05, 3.63) is 32.5 Å². The number of rotatable bonds is 0. The van der Waals surface area contributed by atoms with E-state index in [0.29, 0.717) is 10.0 Å². The lowest BCUT2D eigenvalue weighted by molar-refractivity contribution is 0.610. The maximum atomic E-state index is 12.9. The van der Waals surface area contributed by atoms with Gasteiger partial charge in [-0.2, -0.15) is 0 Å². The van der Waals surface area contributed by atoms with Crippen LogP contribution in [0.4, 0.5) is 4.39 Å². The molecule has 0 aromatic heterocycles. The molecule has 0 radical (unpaired) electrons. The Morgan fingerprint density at radius 3 is 2.20 bits per heavy atom. The van der Waals surface area contributed by atoms with Gasteiger partial charge >= 0.3 is 0 Å². The van der Waals surface area contributed by atoms with Crippen LogP contribution in [0.5, 0.6) is 0 Å². The van der Waals surface area contributed by atoms with Crippen LogP contribution in [0.15, 0.2) is 21.1 Å². The first kappa shape index (κ1) is 8.21. The fraction of sp³-hybridized carbons (Fsp3) is 0.143. The Morgan fingerprint density at radius 1 is 1.20 bits per heavy atom. The average Bonchev–Trinajstić information content (AvgIpc) is 1.93. The normalized spacial score (nSPS) is 10.0. The highest BCUT2D eigenvalue weighted by Crippen LogP contribution is 2.24. The lowest BCUT2D eigenvalue weighted by Gasteiger charge is -1.99. The molecular weight excluding hydrogens is 263 g/mol. The predicted octanol–water partition coefficient (Wildman–Crippen LogP) is 3.66.